The third-order valence-electron chi connectivity index (χ3n) is 3.43. The highest BCUT2D eigenvalue weighted by Crippen LogP contribution is 2.20. The van der Waals surface area contributed by atoms with Gasteiger partial charge in [-0.1, -0.05) is 6.92 Å². The van der Waals surface area contributed by atoms with Gasteiger partial charge in [0.2, 0.25) is 5.16 Å². The molecule has 0 amide bonds. The largest absolute Gasteiger partial charge is 0.382 e. The molecule has 0 aliphatic carbocycles. The van der Waals surface area contributed by atoms with E-state index in [0.29, 0.717) is 12.0 Å². The minimum atomic E-state index is -3.73. The number of H-pyrrole nitrogens is 1. The van der Waals surface area contributed by atoms with Gasteiger partial charge < -0.3 is 10.7 Å². The molecule has 0 bridgehead atoms. The zero-order chi connectivity index (χ0) is 17.3. The van der Waals surface area contributed by atoms with Crippen LogP contribution >= 0.6 is 0 Å². The van der Waals surface area contributed by atoms with Crippen LogP contribution in [-0.2, 0) is 16.8 Å². The number of nitrogens with two attached hydrogens (primary N) is 1. The Kier molecular flexibility index (Phi) is 4.11. The number of rotatable bonds is 5. The maximum atomic E-state index is 12.3. The lowest BCUT2D eigenvalue weighted by molar-refractivity contribution is 0.528. The van der Waals surface area contributed by atoms with E-state index in [2.05, 4.69) is 24.9 Å². The molecule has 0 spiro atoms. The van der Waals surface area contributed by atoms with Crippen molar-refractivity contribution in [2.24, 2.45) is 0 Å². The van der Waals surface area contributed by atoms with E-state index in [4.69, 9.17) is 5.73 Å². The second-order valence-corrected chi connectivity index (χ2v) is 7.55. The summed E-state index contributed by atoms with van der Waals surface area (Å²) >= 11 is 0. The van der Waals surface area contributed by atoms with E-state index in [-0.39, 0.29) is 34.4 Å². The summed E-state index contributed by atoms with van der Waals surface area (Å²) in [5.74, 6) is -0.000366. The van der Waals surface area contributed by atoms with Crippen LogP contribution in [0.25, 0.3) is 11.2 Å². The van der Waals surface area contributed by atoms with E-state index in [1.807, 2.05) is 0 Å². The zero-order valence-electron chi connectivity index (χ0n) is 12.9. The Hall–Kier alpha value is -2.66. The Balaban J connectivity index is 2.16. The first-order valence-corrected chi connectivity index (χ1v) is 9.09. The molecule has 0 aliphatic heterocycles. The summed E-state index contributed by atoms with van der Waals surface area (Å²) in [7, 11) is -3.73. The molecule has 0 aromatic carbocycles. The fourth-order valence-corrected chi connectivity index (χ4v) is 3.66. The average Bonchev–Trinajstić information content (AvgIpc) is 2.85. The third-order valence-corrected chi connectivity index (χ3v) is 5.31. The van der Waals surface area contributed by atoms with Crippen LogP contribution in [0.2, 0.25) is 0 Å². The molecule has 0 unspecified atom stereocenters. The monoisotopic (exact) mass is 351 g/mol. The number of thiol groups is 1. The second-order valence-electron chi connectivity index (χ2n) is 5.30. The Bertz CT molecular complexity index is 982. The Morgan fingerprint density at radius 3 is 2.71 bits per heavy atom. The number of imidazole rings is 1. The highest BCUT2D eigenvalue weighted by molar-refractivity contribution is 7.97. The molecule has 0 atom stereocenters. The van der Waals surface area contributed by atoms with Crippen LogP contribution in [-0.4, -0.2) is 44.0 Å². The molecule has 4 N–H and O–H groups in total. The summed E-state index contributed by atoms with van der Waals surface area (Å²) in [6.07, 6.45) is 5.01. The van der Waals surface area contributed by atoms with Crippen molar-refractivity contribution >= 4 is 27.2 Å². The summed E-state index contributed by atoms with van der Waals surface area (Å²) in [5, 5.41) is -0.244. The van der Waals surface area contributed by atoms with Crippen molar-refractivity contribution in [1.29, 1.82) is 0 Å². The van der Waals surface area contributed by atoms with E-state index in [9.17, 15) is 13.6 Å². The lowest BCUT2D eigenvalue weighted by atomic mass is 10.3. The van der Waals surface area contributed by atoms with Crippen LogP contribution in [0.3, 0.4) is 0 Å². The van der Waals surface area contributed by atoms with Gasteiger partial charge in [0.1, 0.15) is 11.8 Å². The van der Waals surface area contributed by atoms with Crippen molar-refractivity contribution in [1.82, 2.24) is 29.5 Å². The predicted octanol–water partition coefficient (Wildman–Crippen LogP) is -0.201. The van der Waals surface area contributed by atoms with E-state index in [1.54, 1.807) is 19.3 Å². The lowest BCUT2D eigenvalue weighted by Crippen LogP contribution is -2.21. The molecule has 3 aromatic heterocycles. The van der Waals surface area contributed by atoms with Gasteiger partial charge in [-0.25, -0.2) is 19.0 Å². The summed E-state index contributed by atoms with van der Waals surface area (Å²) < 4.78 is 23.8. The number of anilines is 1. The molecule has 11 heteroatoms. The normalized spacial score (nSPS) is 12.6. The minimum absolute atomic E-state index is 0.0408. The van der Waals surface area contributed by atoms with Crippen molar-refractivity contribution in [3.8, 4) is 0 Å². The number of nitrogens with one attached hydrogen (secondary N) is 1. The summed E-state index contributed by atoms with van der Waals surface area (Å²) in [4.78, 5) is 30.6. The van der Waals surface area contributed by atoms with Gasteiger partial charge in [0.25, 0.3) is 0 Å². The molecule has 128 valence electrons. The number of fused-ring (bicyclic) bond motifs is 1. The van der Waals surface area contributed by atoms with E-state index in [0.717, 1.165) is 0 Å². The smallest absolute Gasteiger partial charge is 0.328 e. The number of hydrogen-bond donors (Lipinski definition) is 4. The van der Waals surface area contributed by atoms with Gasteiger partial charge in [-0.15, -0.1) is 10.2 Å². The fourth-order valence-electron chi connectivity index (χ4n) is 2.34. The molecule has 0 aliphatic rings. The van der Waals surface area contributed by atoms with Gasteiger partial charge in [0.05, 0.1) is 6.54 Å². The molecular weight excluding hydrogens is 334 g/mol. The summed E-state index contributed by atoms with van der Waals surface area (Å²) in [6, 6.07) is 0. The van der Waals surface area contributed by atoms with Crippen molar-refractivity contribution in [2.75, 3.05) is 11.5 Å². The van der Waals surface area contributed by atoms with Crippen molar-refractivity contribution < 1.29 is 8.76 Å². The molecule has 0 saturated carbocycles. The number of nitrogens with zero attached hydrogens (tertiary/aromatic N) is 5. The van der Waals surface area contributed by atoms with Gasteiger partial charge in [-0.2, -0.15) is 9.97 Å². The van der Waals surface area contributed by atoms with E-state index >= 15 is 0 Å². The molecule has 3 aromatic rings. The van der Waals surface area contributed by atoms with Gasteiger partial charge in [-0.05, 0) is 6.42 Å². The minimum Gasteiger partial charge on any atom is -0.382 e. The topological polar surface area (TPSA) is 153 Å². The van der Waals surface area contributed by atoms with Gasteiger partial charge in [0.15, 0.2) is 11.5 Å². The number of aromatic amines is 1. The Morgan fingerprint density at radius 2 is 2.04 bits per heavy atom. The van der Waals surface area contributed by atoms with Gasteiger partial charge in [-0.3, -0.25) is 9.12 Å². The van der Waals surface area contributed by atoms with Gasteiger partial charge in [0, 0.05) is 23.7 Å². The molecule has 3 rings (SSSR count). The molecule has 0 radical (unpaired) electrons. The quantitative estimate of drug-likeness (QED) is 0.364. The van der Waals surface area contributed by atoms with Crippen LogP contribution in [0, 0.1) is 0 Å². The molecule has 10 nitrogen and oxygen atoms in total. The summed E-state index contributed by atoms with van der Waals surface area (Å²) in [6.45, 7) is 1.94. The maximum absolute atomic E-state index is 12.3. The van der Waals surface area contributed by atoms with E-state index in [1.165, 1.54) is 10.9 Å². The first kappa shape index (κ1) is 16.2. The van der Waals surface area contributed by atoms with Crippen LogP contribution in [0.4, 0.5) is 5.82 Å². The number of hydrogen-bond acceptors (Lipinski definition) is 7. The second kappa shape index (κ2) is 6.09. The lowest BCUT2D eigenvalue weighted by Gasteiger charge is -2.20. The first-order valence-electron chi connectivity index (χ1n) is 7.24. The molecule has 24 heavy (non-hydrogen) atoms. The van der Waals surface area contributed by atoms with Crippen LogP contribution in [0.5, 0.6) is 0 Å². The summed E-state index contributed by atoms with van der Waals surface area (Å²) in [5.41, 5.74) is 6.48. The highest BCUT2D eigenvalue weighted by Gasteiger charge is 2.19. The maximum Gasteiger partial charge on any atom is 0.328 e. The number of aromatic nitrogens is 6. The third kappa shape index (κ3) is 2.90. The first-order chi connectivity index (χ1) is 11.4. The highest BCUT2D eigenvalue weighted by atomic mass is 32.3. The average molecular weight is 351 g/mol. The Labute approximate surface area is 137 Å². The van der Waals surface area contributed by atoms with Crippen molar-refractivity contribution in [3.63, 3.8) is 0 Å². The van der Waals surface area contributed by atoms with Crippen molar-refractivity contribution in [3.05, 3.63) is 34.8 Å². The van der Waals surface area contributed by atoms with Gasteiger partial charge >= 0.3 is 5.69 Å². The zero-order valence-corrected chi connectivity index (χ0v) is 13.8. The van der Waals surface area contributed by atoms with Crippen LogP contribution in [0.1, 0.15) is 18.9 Å². The van der Waals surface area contributed by atoms with E-state index < -0.39 is 15.9 Å². The van der Waals surface area contributed by atoms with Crippen LogP contribution in [0.15, 0.2) is 28.7 Å². The molecular formula is C13H17N7O3S. The Morgan fingerprint density at radius 1 is 1.33 bits per heavy atom. The SMILES string of the molecule is CCC[SH](=O)(O)c1nc(N)c2[nH]c(=O)n(Cc3cncnc3)c2n1. The molecule has 3 heterocycles. The molecule has 0 saturated heterocycles. The van der Waals surface area contributed by atoms with Crippen molar-refractivity contribution in [2.45, 2.75) is 25.0 Å². The fraction of sp³-hybridized carbons (Fsp3) is 0.308. The molecule has 0 fully saturated rings. The predicted molar refractivity (Wildman–Crippen MR) is 89.3 cm³/mol. The number of nitrogen functional groups attached to an aromatic ring is 1. The standard InChI is InChI=1S/C13H17N7O3S/c1-2-3-24(22,23)12-18-10(14)9-11(19-12)20(13(21)17-9)6-8-4-15-7-16-5-8/h4-5,7,24H,2-3,6H2,1H3,(H,17,21)(H,22,23)(H2,14,18,19). The van der Waals surface area contributed by atoms with Crippen LogP contribution < -0.4 is 11.4 Å².